The van der Waals surface area contributed by atoms with E-state index in [1.165, 1.54) is 0 Å². The molecule has 0 unspecified atom stereocenters. The van der Waals surface area contributed by atoms with Gasteiger partial charge in [0, 0.05) is 12.8 Å². The van der Waals surface area contributed by atoms with Crippen LogP contribution in [0.5, 0.6) is 0 Å². The van der Waals surface area contributed by atoms with Crippen LogP contribution in [0.2, 0.25) is 0 Å². The SMILES string of the molecule is C#CC[C@H]1C(=O)C(C)(C)[C@@H](O)CC(=O)O[C@H](c2ccc3oc(CN)nc3c2)C[C@@H]2O[C@]2(C)CCC[C@H](C)[C@@H]1O. The molecule has 9 heteroatoms. The number of benzene rings is 1. The van der Waals surface area contributed by atoms with Gasteiger partial charge >= 0.3 is 5.97 Å². The van der Waals surface area contributed by atoms with Gasteiger partial charge in [0.1, 0.15) is 17.4 Å². The van der Waals surface area contributed by atoms with Gasteiger partial charge in [-0.25, -0.2) is 4.98 Å². The summed E-state index contributed by atoms with van der Waals surface area (Å²) in [7, 11) is 0. The van der Waals surface area contributed by atoms with E-state index in [0.717, 1.165) is 18.4 Å². The first-order chi connectivity index (χ1) is 18.4. The van der Waals surface area contributed by atoms with Crippen LogP contribution in [-0.2, 0) is 25.6 Å². The lowest BCUT2D eigenvalue weighted by Gasteiger charge is -2.35. The van der Waals surface area contributed by atoms with E-state index < -0.39 is 42.0 Å². The molecule has 1 aromatic heterocycles. The molecule has 9 nitrogen and oxygen atoms in total. The van der Waals surface area contributed by atoms with E-state index in [1.807, 2.05) is 26.0 Å². The number of carbonyl (C=O) groups excluding carboxylic acids is 2. The summed E-state index contributed by atoms with van der Waals surface area (Å²) in [5, 5.41) is 22.1. The molecular weight excluding hydrogens is 500 g/mol. The van der Waals surface area contributed by atoms with Crippen LogP contribution < -0.4 is 5.73 Å². The maximum atomic E-state index is 13.6. The second-order valence-electron chi connectivity index (χ2n) is 11.9. The van der Waals surface area contributed by atoms with Crippen LogP contribution in [0.3, 0.4) is 0 Å². The van der Waals surface area contributed by atoms with Gasteiger partial charge in [-0.15, -0.1) is 12.3 Å². The molecular formula is C30H40N2O7. The first-order valence-corrected chi connectivity index (χ1v) is 13.7. The fourth-order valence-corrected chi connectivity index (χ4v) is 5.63. The minimum atomic E-state index is -1.33. The zero-order chi connectivity index (χ0) is 28.5. The number of aromatic nitrogens is 1. The number of Topliss-reactive ketones (excluding diaryl/α,β-unsaturated/α-hetero) is 1. The highest BCUT2D eigenvalue weighted by atomic mass is 16.6. The first-order valence-electron chi connectivity index (χ1n) is 13.7. The number of nitrogens with two attached hydrogens (primary N) is 1. The topological polar surface area (TPSA) is 148 Å². The summed E-state index contributed by atoms with van der Waals surface area (Å²) >= 11 is 0. The zero-order valence-corrected chi connectivity index (χ0v) is 23.2. The molecule has 0 aliphatic carbocycles. The normalized spacial score (nSPS) is 34.2. The number of rotatable bonds is 3. The second kappa shape index (κ2) is 11.4. The lowest BCUT2D eigenvalue weighted by atomic mass is 9.71. The lowest BCUT2D eigenvalue weighted by molar-refractivity contribution is -0.156. The van der Waals surface area contributed by atoms with Crippen LogP contribution in [0.1, 0.15) is 83.8 Å². The van der Waals surface area contributed by atoms with Crippen molar-refractivity contribution in [1.82, 2.24) is 4.98 Å². The monoisotopic (exact) mass is 540 g/mol. The van der Waals surface area contributed by atoms with Crippen molar-refractivity contribution in [3.05, 3.63) is 29.7 Å². The Morgan fingerprint density at radius 1 is 1.23 bits per heavy atom. The van der Waals surface area contributed by atoms with Crippen molar-refractivity contribution in [1.29, 1.82) is 0 Å². The number of nitrogens with zero attached hydrogens (tertiary/aromatic N) is 1. The van der Waals surface area contributed by atoms with Crippen molar-refractivity contribution in [3.63, 3.8) is 0 Å². The predicted octanol–water partition coefficient (Wildman–Crippen LogP) is 3.59. The number of fused-ring (bicyclic) bond motifs is 2. The van der Waals surface area contributed by atoms with Crippen molar-refractivity contribution in [3.8, 4) is 12.3 Å². The Balaban J connectivity index is 1.63. The summed E-state index contributed by atoms with van der Waals surface area (Å²) in [6.07, 6.45) is 4.79. The lowest BCUT2D eigenvalue weighted by Crippen LogP contribution is -2.46. The highest BCUT2D eigenvalue weighted by molar-refractivity contribution is 5.88. The number of epoxide rings is 1. The Kier molecular flexibility index (Phi) is 8.52. The molecule has 3 heterocycles. The van der Waals surface area contributed by atoms with E-state index in [0.29, 0.717) is 29.8 Å². The van der Waals surface area contributed by atoms with E-state index in [9.17, 15) is 19.8 Å². The van der Waals surface area contributed by atoms with Crippen LogP contribution >= 0.6 is 0 Å². The summed E-state index contributed by atoms with van der Waals surface area (Å²) in [4.78, 5) is 31.1. The van der Waals surface area contributed by atoms with Gasteiger partial charge in [-0.05, 0) is 43.4 Å². The highest BCUT2D eigenvalue weighted by Crippen LogP contribution is 2.47. The van der Waals surface area contributed by atoms with Gasteiger partial charge in [-0.2, -0.15) is 0 Å². The van der Waals surface area contributed by atoms with Crippen LogP contribution in [-0.4, -0.2) is 50.9 Å². The predicted molar refractivity (Wildman–Crippen MR) is 144 cm³/mol. The molecule has 212 valence electrons. The molecule has 0 saturated carbocycles. The third kappa shape index (κ3) is 6.20. The van der Waals surface area contributed by atoms with Crippen LogP contribution in [0.4, 0.5) is 0 Å². The van der Waals surface area contributed by atoms with Crippen molar-refractivity contribution in [2.45, 2.75) is 103 Å². The van der Waals surface area contributed by atoms with Crippen molar-refractivity contribution >= 4 is 22.9 Å². The van der Waals surface area contributed by atoms with Crippen molar-refractivity contribution in [2.24, 2.45) is 23.0 Å². The first kappa shape index (κ1) is 29.2. The molecule has 1 aromatic carbocycles. The molecule has 2 aliphatic heterocycles. The smallest absolute Gasteiger partial charge is 0.309 e. The molecule has 0 radical (unpaired) electrons. The number of terminal acetylenes is 1. The number of hydrogen-bond donors (Lipinski definition) is 3. The number of aliphatic hydroxyl groups excluding tert-OH is 2. The quantitative estimate of drug-likeness (QED) is 0.302. The molecule has 4 N–H and O–H groups in total. The van der Waals surface area contributed by atoms with Crippen LogP contribution in [0.15, 0.2) is 22.6 Å². The Morgan fingerprint density at radius 3 is 2.67 bits per heavy atom. The molecule has 7 atom stereocenters. The molecule has 2 aromatic rings. The third-order valence-electron chi connectivity index (χ3n) is 8.57. The number of esters is 1. The maximum Gasteiger partial charge on any atom is 0.309 e. The van der Waals surface area contributed by atoms with Gasteiger partial charge in [0.25, 0.3) is 0 Å². The Labute approximate surface area is 229 Å². The van der Waals surface area contributed by atoms with Crippen LogP contribution in [0, 0.1) is 29.6 Å². The van der Waals surface area contributed by atoms with Gasteiger partial charge in [0.2, 0.25) is 5.89 Å². The minimum Gasteiger partial charge on any atom is -0.457 e. The molecule has 2 aliphatic rings. The fraction of sp³-hybridized carbons (Fsp3) is 0.633. The van der Waals surface area contributed by atoms with E-state index in [2.05, 4.69) is 10.9 Å². The minimum absolute atomic E-state index is 0.0479. The zero-order valence-electron chi connectivity index (χ0n) is 23.2. The van der Waals surface area contributed by atoms with Crippen molar-refractivity contribution in [2.75, 3.05) is 0 Å². The third-order valence-corrected chi connectivity index (χ3v) is 8.57. The number of hydrogen-bond acceptors (Lipinski definition) is 9. The summed E-state index contributed by atoms with van der Waals surface area (Å²) in [6.45, 7) is 7.26. The Bertz CT molecular complexity index is 1250. The number of aliphatic hydroxyl groups is 2. The number of ketones is 1. The number of ether oxygens (including phenoxy) is 2. The van der Waals surface area contributed by atoms with E-state index in [4.69, 9.17) is 26.0 Å². The average Bonchev–Trinajstić information content (AvgIpc) is 3.33. The molecule has 0 amide bonds. The number of oxazole rings is 1. The van der Waals surface area contributed by atoms with Gasteiger partial charge in [-0.1, -0.05) is 33.3 Å². The van der Waals surface area contributed by atoms with E-state index >= 15 is 0 Å². The Morgan fingerprint density at radius 2 is 1.97 bits per heavy atom. The van der Waals surface area contributed by atoms with Gasteiger partial charge in [0.15, 0.2) is 5.58 Å². The number of cyclic esters (lactones) is 1. The summed E-state index contributed by atoms with van der Waals surface area (Å²) in [5.74, 6) is 0.870. The van der Waals surface area contributed by atoms with Crippen LogP contribution in [0.25, 0.3) is 11.1 Å². The molecule has 4 rings (SSSR count). The van der Waals surface area contributed by atoms with Crippen molar-refractivity contribution < 1.29 is 33.7 Å². The standard InChI is InChI=1S/C30H40N2O7/c1-6-8-19-27(35)17(2)9-7-12-30(5)24(39-30)14-22(38-26(34)15-23(33)29(3,4)28(19)36)18-10-11-21-20(13-18)32-25(16-31)37-21/h1,10-11,13,17,19,22-24,27,33,35H,7-9,12,14-16,31H2,2-5H3/t17-,19+,22-,23-,24-,27-,30+/m0/s1. The van der Waals surface area contributed by atoms with Gasteiger partial charge in [0.05, 0.1) is 48.2 Å². The largest absolute Gasteiger partial charge is 0.457 e. The molecule has 2 fully saturated rings. The highest BCUT2D eigenvalue weighted by Gasteiger charge is 2.53. The molecule has 0 bridgehead atoms. The second-order valence-corrected chi connectivity index (χ2v) is 11.9. The summed E-state index contributed by atoms with van der Waals surface area (Å²) in [6, 6.07) is 5.40. The molecule has 2 saturated heterocycles. The van der Waals surface area contributed by atoms with E-state index in [1.54, 1.807) is 19.9 Å². The molecule has 0 spiro atoms. The number of carbonyl (C=O) groups is 2. The van der Waals surface area contributed by atoms with E-state index in [-0.39, 0.29) is 36.4 Å². The summed E-state index contributed by atoms with van der Waals surface area (Å²) in [5.41, 5.74) is 5.87. The summed E-state index contributed by atoms with van der Waals surface area (Å²) < 4.78 is 17.6. The maximum absolute atomic E-state index is 13.6. The molecule has 39 heavy (non-hydrogen) atoms. The van der Waals surface area contributed by atoms with Gasteiger partial charge in [-0.3, -0.25) is 9.59 Å². The average molecular weight is 541 g/mol. The Hall–Kier alpha value is -2.77. The fourth-order valence-electron chi connectivity index (χ4n) is 5.63. The van der Waals surface area contributed by atoms with Gasteiger partial charge < -0.3 is 29.8 Å².